The van der Waals surface area contributed by atoms with Crippen LogP contribution in [0.5, 0.6) is 11.5 Å². The smallest absolute Gasteiger partial charge is 0.407 e. The zero-order chi connectivity index (χ0) is 20.6. The monoisotopic (exact) mass is 380 g/mol. The van der Waals surface area contributed by atoms with Crippen molar-refractivity contribution in [2.75, 3.05) is 20.8 Å². The number of rotatable bonds is 8. The van der Waals surface area contributed by atoms with Crippen LogP contribution in [0.1, 0.15) is 51.4 Å². The number of hydrogen-bond donors (Lipinski definition) is 2. The first-order valence-corrected chi connectivity index (χ1v) is 9.06. The molecule has 0 aliphatic heterocycles. The van der Waals surface area contributed by atoms with Gasteiger partial charge in [-0.15, -0.1) is 0 Å². The fourth-order valence-electron chi connectivity index (χ4n) is 2.62. The fourth-order valence-corrected chi connectivity index (χ4v) is 2.62. The maximum atomic E-state index is 12.7. The van der Waals surface area contributed by atoms with Gasteiger partial charge in [0, 0.05) is 12.6 Å². The highest BCUT2D eigenvalue weighted by molar-refractivity contribution is 5.99. The Morgan fingerprint density at radius 2 is 1.63 bits per heavy atom. The average molecular weight is 380 g/mol. The first-order valence-electron chi connectivity index (χ1n) is 9.06. The molecule has 0 fully saturated rings. The Kier molecular flexibility index (Phi) is 8.40. The molecular weight excluding hydrogens is 348 g/mol. The van der Waals surface area contributed by atoms with Gasteiger partial charge in [-0.2, -0.15) is 0 Å². The average Bonchev–Trinajstić information content (AvgIpc) is 2.56. The van der Waals surface area contributed by atoms with Gasteiger partial charge in [0.05, 0.1) is 14.2 Å². The summed E-state index contributed by atoms with van der Waals surface area (Å²) in [6.45, 7) is 9.78. The van der Waals surface area contributed by atoms with Crippen molar-refractivity contribution in [3.8, 4) is 11.5 Å². The van der Waals surface area contributed by atoms with Crippen LogP contribution in [0.4, 0.5) is 4.79 Å². The van der Waals surface area contributed by atoms with Crippen LogP contribution < -0.4 is 20.1 Å². The predicted octanol–water partition coefficient (Wildman–Crippen LogP) is 3.37. The van der Waals surface area contributed by atoms with Gasteiger partial charge in [-0.1, -0.05) is 19.9 Å². The standard InChI is InChI=1S/C20H32N2O5/c1-13(2)11-14(22-19(24)27-20(3,4)5)12-21-18(23)17-15(25-6)9-8-10-16(17)26-7/h8-10,13-14H,11-12H2,1-7H3,(H,21,23)(H,22,24)/t14-/m0/s1. The predicted molar refractivity (Wildman–Crippen MR) is 104 cm³/mol. The van der Waals surface area contributed by atoms with Crippen LogP contribution in [0.2, 0.25) is 0 Å². The van der Waals surface area contributed by atoms with E-state index in [0.717, 1.165) is 0 Å². The zero-order valence-corrected chi connectivity index (χ0v) is 17.3. The van der Waals surface area contributed by atoms with Crippen molar-refractivity contribution >= 4 is 12.0 Å². The van der Waals surface area contributed by atoms with Gasteiger partial charge < -0.3 is 24.8 Å². The van der Waals surface area contributed by atoms with Crippen molar-refractivity contribution < 1.29 is 23.8 Å². The summed E-state index contributed by atoms with van der Waals surface area (Å²) in [5.41, 5.74) is -0.261. The molecule has 0 unspecified atom stereocenters. The molecule has 1 rings (SSSR count). The van der Waals surface area contributed by atoms with Gasteiger partial charge in [0.15, 0.2) is 0 Å². The first-order chi connectivity index (χ1) is 12.6. The molecule has 1 aromatic rings. The van der Waals surface area contributed by atoms with Crippen LogP contribution in [-0.2, 0) is 4.74 Å². The second kappa shape index (κ2) is 10.0. The van der Waals surface area contributed by atoms with Crippen molar-refractivity contribution in [3.05, 3.63) is 23.8 Å². The third-order valence-corrected chi connectivity index (χ3v) is 3.64. The van der Waals surface area contributed by atoms with E-state index in [4.69, 9.17) is 14.2 Å². The van der Waals surface area contributed by atoms with Gasteiger partial charge in [-0.3, -0.25) is 4.79 Å². The zero-order valence-electron chi connectivity index (χ0n) is 17.3. The van der Waals surface area contributed by atoms with E-state index in [1.54, 1.807) is 39.0 Å². The third kappa shape index (κ3) is 7.76. The summed E-state index contributed by atoms with van der Waals surface area (Å²) in [5, 5.41) is 5.68. The van der Waals surface area contributed by atoms with E-state index in [9.17, 15) is 9.59 Å². The molecule has 27 heavy (non-hydrogen) atoms. The van der Waals surface area contributed by atoms with Crippen molar-refractivity contribution in [1.82, 2.24) is 10.6 Å². The Labute approximate surface area is 161 Å². The minimum Gasteiger partial charge on any atom is -0.496 e. The molecule has 0 saturated heterocycles. The summed E-state index contributed by atoms with van der Waals surface area (Å²) in [5.74, 6) is 0.853. The molecule has 2 N–H and O–H groups in total. The van der Waals surface area contributed by atoms with Crippen LogP contribution in [0.25, 0.3) is 0 Å². The van der Waals surface area contributed by atoms with Gasteiger partial charge in [-0.25, -0.2) is 4.79 Å². The lowest BCUT2D eigenvalue weighted by Crippen LogP contribution is -2.46. The molecule has 0 spiro atoms. The molecule has 0 bridgehead atoms. The minimum atomic E-state index is -0.583. The summed E-state index contributed by atoms with van der Waals surface area (Å²) in [7, 11) is 2.99. The van der Waals surface area contributed by atoms with E-state index >= 15 is 0 Å². The van der Waals surface area contributed by atoms with Crippen molar-refractivity contribution in [2.45, 2.75) is 52.7 Å². The fraction of sp³-hybridized carbons (Fsp3) is 0.600. The molecule has 0 aliphatic carbocycles. The summed E-state index contributed by atoms with van der Waals surface area (Å²) >= 11 is 0. The molecule has 0 radical (unpaired) electrons. The molecule has 0 heterocycles. The van der Waals surface area contributed by atoms with Crippen molar-refractivity contribution in [3.63, 3.8) is 0 Å². The summed E-state index contributed by atoms with van der Waals surface area (Å²) in [6, 6.07) is 4.88. The lowest BCUT2D eigenvalue weighted by atomic mass is 10.0. The highest BCUT2D eigenvalue weighted by Gasteiger charge is 2.23. The van der Waals surface area contributed by atoms with E-state index in [2.05, 4.69) is 24.5 Å². The normalized spacial score (nSPS) is 12.3. The van der Waals surface area contributed by atoms with Crippen LogP contribution in [-0.4, -0.2) is 44.4 Å². The number of nitrogens with one attached hydrogen (secondary N) is 2. The number of benzene rings is 1. The molecule has 7 nitrogen and oxygen atoms in total. The second-order valence-corrected chi connectivity index (χ2v) is 7.72. The SMILES string of the molecule is COc1cccc(OC)c1C(=O)NC[C@H](CC(C)C)NC(=O)OC(C)(C)C. The number of hydrogen-bond acceptors (Lipinski definition) is 5. The Morgan fingerprint density at radius 1 is 1.07 bits per heavy atom. The molecule has 2 amide bonds. The Balaban J connectivity index is 2.83. The molecule has 1 aromatic carbocycles. The van der Waals surface area contributed by atoms with Crippen LogP contribution >= 0.6 is 0 Å². The van der Waals surface area contributed by atoms with E-state index in [1.807, 2.05) is 0 Å². The molecular formula is C20H32N2O5. The van der Waals surface area contributed by atoms with Gasteiger partial charge in [0.25, 0.3) is 5.91 Å². The van der Waals surface area contributed by atoms with E-state index in [-0.39, 0.29) is 18.5 Å². The first kappa shape index (κ1) is 22.6. The van der Waals surface area contributed by atoms with Gasteiger partial charge in [-0.05, 0) is 45.2 Å². The molecule has 7 heteroatoms. The number of carbonyl (C=O) groups excluding carboxylic acids is 2. The van der Waals surface area contributed by atoms with Gasteiger partial charge >= 0.3 is 6.09 Å². The second-order valence-electron chi connectivity index (χ2n) is 7.72. The molecule has 0 saturated carbocycles. The molecule has 0 aliphatic rings. The molecule has 0 aromatic heterocycles. The number of methoxy groups -OCH3 is 2. The topological polar surface area (TPSA) is 85.9 Å². The molecule has 152 valence electrons. The van der Waals surface area contributed by atoms with Gasteiger partial charge in [0.2, 0.25) is 0 Å². The maximum Gasteiger partial charge on any atom is 0.407 e. The van der Waals surface area contributed by atoms with Crippen LogP contribution in [0, 0.1) is 5.92 Å². The maximum absolute atomic E-state index is 12.7. The highest BCUT2D eigenvalue weighted by Crippen LogP contribution is 2.27. The Bertz CT molecular complexity index is 615. The van der Waals surface area contributed by atoms with Crippen LogP contribution in [0.3, 0.4) is 0 Å². The minimum absolute atomic E-state index is 0.260. The number of carbonyl (C=O) groups is 2. The highest BCUT2D eigenvalue weighted by atomic mass is 16.6. The van der Waals surface area contributed by atoms with Crippen molar-refractivity contribution in [2.24, 2.45) is 5.92 Å². The lowest BCUT2D eigenvalue weighted by Gasteiger charge is -2.25. The number of alkyl carbamates (subject to hydrolysis) is 1. The third-order valence-electron chi connectivity index (χ3n) is 3.64. The summed E-state index contributed by atoms with van der Waals surface area (Å²) in [6.07, 6.45) is 0.194. The van der Waals surface area contributed by atoms with Crippen molar-refractivity contribution in [1.29, 1.82) is 0 Å². The summed E-state index contributed by atoms with van der Waals surface area (Å²) in [4.78, 5) is 24.8. The van der Waals surface area contributed by atoms with E-state index in [1.165, 1.54) is 14.2 Å². The van der Waals surface area contributed by atoms with E-state index < -0.39 is 11.7 Å². The molecule has 1 atom stereocenters. The lowest BCUT2D eigenvalue weighted by molar-refractivity contribution is 0.0495. The Morgan fingerprint density at radius 3 is 2.07 bits per heavy atom. The Hall–Kier alpha value is -2.44. The van der Waals surface area contributed by atoms with Gasteiger partial charge in [0.1, 0.15) is 22.7 Å². The summed E-state index contributed by atoms with van der Waals surface area (Å²) < 4.78 is 15.8. The number of ether oxygens (including phenoxy) is 3. The van der Waals surface area contributed by atoms with E-state index in [0.29, 0.717) is 29.4 Å². The van der Waals surface area contributed by atoms with Crippen LogP contribution in [0.15, 0.2) is 18.2 Å². The quantitative estimate of drug-likeness (QED) is 0.722. The largest absolute Gasteiger partial charge is 0.496 e. The number of amides is 2.